The number of benzene rings is 2. The van der Waals surface area contributed by atoms with Gasteiger partial charge in [0.1, 0.15) is 5.75 Å². The molecular weight excluding hydrogens is 421 g/mol. The van der Waals surface area contributed by atoms with Crippen molar-refractivity contribution < 1.29 is 14.2 Å². The van der Waals surface area contributed by atoms with Crippen LogP contribution in [0.5, 0.6) is 17.2 Å². The van der Waals surface area contributed by atoms with E-state index in [2.05, 4.69) is 15.5 Å². The van der Waals surface area contributed by atoms with Crippen molar-refractivity contribution in [1.82, 2.24) is 4.98 Å². The molecule has 3 rings (SSSR count). The highest BCUT2D eigenvalue weighted by Crippen LogP contribution is 2.34. The van der Waals surface area contributed by atoms with Crippen LogP contribution in [-0.4, -0.2) is 32.5 Å². The van der Waals surface area contributed by atoms with E-state index in [1.54, 1.807) is 51.8 Å². The third-order valence-corrected chi connectivity index (χ3v) is 5.11. The fourth-order valence-corrected chi connectivity index (χ4v) is 3.62. The molecular formula is C19H17Cl2N3O3S. The molecule has 0 saturated heterocycles. The van der Waals surface area contributed by atoms with Crippen LogP contribution in [0, 0.1) is 0 Å². The van der Waals surface area contributed by atoms with Gasteiger partial charge in [-0.05, 0) is 24.3 Å². The minimum atomic E-state index is 0.544. The van der Waals surface area contributed by atoms with E-state index in [1.165, 1.54) is 11.3 Å². The monoisotopic (exact) mass is 437 g/mol. The molecule has 0 saturated carbocycles. The lowest BCUT2D eigenvalue weighted by atomic mass is 10.2. The van der Waals surface area contributed by atoms with Gasteiger partial charge >= 0.3 is 0 Å². The lowest BCUT2D eigenvalue weighted by Crippen LogP contribution is -1.98. The molecule has 1 N–H and O–H groups in total. The van der Waals surface area contributed by atoms with E-state index in [9.17, 15) is 0 Å². The Hall–Kier alpha value is -2.48. The van der Waals surface area contributed by atoms with Crippen molar-refractivity contribution in [2.45, 2.75) is 0 Å². The standard InChI is InChI=1S/C19H17Cl2N3O3S/c1-25-16-8-18(27-3)17(26-2)6-11(16)9-22-24-19-23-15(10-28-19)13-5-4-12(20)7-14(13)21/h4-10H,1-3H3,(H,23,24)/b22-9-. The first-order valence-corrected chi connectivity index (χ1v) is 9.69. The summed E-state index contributed by atoms with van der Waals surface area (Å²) in [7, 11) is 4.72. The molecule has 0 spiro atoms. The van der Waals surface area contributed by atoms with Gasteiger partial charge in [-0.15, -0.1) is 11.3 Å². The molecule has 3 aromatic rings. The molecule has 6 nitrogen and oxygen atoms in total. The Morgan fingerprint density at radius 2 is 1.71 bits per heavy atom. The lowest BCUT2D eigenvalue weighted by molar-refractivity contribution is 0.349. The van der Waals surface area contributed by atoms with Crippen molar-refractivity contribution in [3.05, 3.63) is 51.3 Å². The van der Waals surface area contributed by atoms with Gasteiger partial charge in [-0.25, -0.2) is 4.98 Å². The summed E-state index contributed by atoms with van der Waals surface area (Å²) >= 11 is 13.6. The maximum absolute atomic E-state index is 6.24. The molecule has 0 unspecified atom stereocenters. The predicted molar refractivity (Wildman–Crippen MR) is 115 cm³/mol. The Morgan fingerprint density at radius 1 is 1.00 bits per heavy atom. The van der Waals surface area contributed by atoms with Crippen molar-refractivity contribution in [1.29, 1.82) is 0 Å². The van der Waals surface area contributed by atoms with E-state index < -0.39 is 0 Å². The molecule has 0 aliphatic carbocycles. The minimum absolute atomic E-state index is 0.544. The summed E-state index contributed by atoms with van der Waals surface area (Å²) in [6.45, 7) is 0. The van der Waals surface area contributed by atoms with Gasteiger partial charge in [-0.2, -0.15) is 5.10 Å². The first kappa shape index (κ1) is 20.3. The van der Waals surface area contributed by atoms with E-state index in [-0.39, 0.29) is 0 Å². The SMILES string of the molecule is COc1cc(OC)c(OC)cc1/C=N\Nc1nc(-c2ccc(Cl)cc2Cl)cs1. The number of thiazole rings is 1. The van der Waals surface area contributed by atoms with Gasteiger partial charge in [0.25, 0.3) is 0 Å². The van der Waals surface area contributed by atoms with Crippen LogP contribution < -0.4 is 19.6 Å². The van der Waals surface area contributed by atoms with E-state index in [0.717, 1.165) is 16.8 Å². The molecule has 0 aliphatic rings. The van der Waals surface area contributed by atoms with Crippen LogP contribution in [0.1, 0.15) is 5.56 Å². The molecule has 0 amide bonds. The van der Waals surface area contributed by atoms with Crippen molar-refractivity contribution in [2.24, 2.45) is 5.10 Å². The third kappa shape index (κ3) is 4.49. The number of aromatic nitrogens is 1. The number of hydrazone groups is 1. The fourth-order valence-electron chi connectivity index (χ4n) is 2.46. The number of ether oxygens (including phenoxy) is 3. The number of halogens is 2. The zero-order valence-corrected chi connectivity index (χ0v) is 17.7. The van der Waals surface area contributed by atoms with Gasteiger partial charge in [0, 0.05) is 27.6 Å². The normalized spacial score (nSPS) is 10.9. The first-order valence-electron chi connectivity index (χ1n) is 8.05. The predicted octanol–water partition coefficient (Wildman–Crippen LogP) is 5.59. The molecule has 28 heavy (non-hydrogen) atoms. The average molecular weight is 438 g/mol. The smallest absolute Gasteiger partial charge is 0.203 e. The van der Waals surface area contributed by atoms with Crippen LogP contribution in [0.15, 0.2) is 40.8 Å². The topological polar surface area (TPSA) is 65.0 Å². The summed E-state index contributed by atoms with van der Waals surface area (Å²) < 4.78 is 16.0. The molecule has 1 aromatic heterocycles. The second kappa shape index (κ2) is 9.14. The van der Waals surface area contributed by atoms with Crippen LogP contribution in [-0.2, 0) is 0 Å². The highest BCUT2D eigenvalue weighted by atomic mass is 35.5. The molecule has 0 aliphatic heterocycles. The highest BCUT2D eigenvalue weighted by molar-refractivity contribution is 7.14. The molecule has 2 aromatic carbocycles. The largest absolute Gasteiger partial charge is 0.496 e. The summed E-state index contributed by atoms with van der Waals surface area (Å²) in [5.74, 6) is 1.77. The van der Waals surface area contributed by atoms with Crippen LogP contribution in [0.4, 0.5) is 5.13 Å². The zero-order chi connectivity index (χ0) is 20.1. The van der Waals surface area contributed by atoms with Crippen LogP contribution in [0.3, 0.4) is 0 Å². The van der Waals surface area contributed by atoms with Gasteiger partial charge in [0.05, 0.1) is 38.3 Å². The second-order valence-electron chi connectivity index (χ2n) is 5.48. The van der Waals surface area contributed by atoms with Crippen LogP contribution in [0.25, 0.3) is 11.3 Å². The fraction of sp³-hybridized carbons (Fsp3) is 0.158. The van der Waals surface area contributed by atoms with E-state index in [0.29, 0.717) is 32.4 Å². The summed E-state index contributed by atoms with van der Waals surface area (Å²) in [4.78, 5) is 4.50. The Labute approximate surface area is 176 Å². The highest BCUT2D eigenvalue weighted by Gasteiger charge is 2.11. The average Bonchev–Trinajstić information content (AvgIpc) is 3.16. The first-order chi connectivity index (χ1) is 13.5. The summed E-state index contributed by atoms with van der Waals surface area (Å²) in [6.07, 6.45) is 1.62. The van der Waals surface area contributed by atoms with Crippen molar-refractivity contribution in [3.8, 4) is 28.5 Å². The lowest BCUT2D eigenvalue weighted by Gasteiger charge is -2.11. The Balaban J connectivity index is 1.78. The molecule has 0 atom stereocenters. The molecule has 9 heteroatoms. The number of nitrogens with zero attached hydrogens (tertiary/aromatic N) is 2. The van der Waals surface area contributed by atoms with Crippen molar-refractivity contribution in [3.63, 3.8) is 0 Å². The summed E-state index contributed by atoms with van der Waals surface area (Å²) in [6, 6.07) is 8.82. The Kier molecular flexibility index (Phi) is 6.61. The summed E-state index contributed by atoms with van der Waals surface area (Å²) in [5, 5.41) is 7.88. The Bertz CT molecular complexity index is 1010. The van der Waals surface area contributed by atoms with Gasteiger partial charge in [0.15, 0.2) is 11.5 Å². The molecule has 146 valence electrons. The number of methoxy groups -OCH3 is 3. The second-order valence-corrected chi connectivity index (χ2v) is 7.18. The van der Waals surface area contributed by atoms with Crippen molar-refractivity contribution >= 4 is 45.9 Å². The maximum atomic E-state index is 6.24. The van der Waals surface area contributed by atoms with E-state index in [4.69, 9.17) is 37.4 Å². The van der Waals surface area contributed by atoms with Crippen molar-refractivity contribution in [2.75, 3.05) is 26.8 Å². The van der Waals surface area contributed by atoms with Gasteiger partial charge in [-0.3, -0.25) is 5.43 Å². The third-order valence-electron chi connectivity index (χ3n) is 3.81. The minimum Gasteiger partial charge on any atom is -0.496 e. The number of rotatable bonds is 7. The quantitative estimate of drug-likeness (QED) is 0.385. The molecule has 0 bridgehead atoms. The van der Waals surface area contributed by atoms with Gasteiger partial charge in [0.2, 0.25) is 5.13 Å². The maximum Gasteiger partial charge on any atom is 0.203 e. The molecule has 0 radical (unpaired) electrons. The van der Waals surface area contributed by atoms with Crippen LogP contribution >= 0.6 is 34.5 Å². The number of nitrogens with one attached hydrogen (secondary N) is 1. The zero-order valence-electron chi connectivity index (χ0n) is 15.3. The van der Waals surface area contributed by atoms with E-state index >= 15 is 0 Å². The molecule has 1 heterocycles. The van der Waals surface area contributed by atoms with Gasteiger partial charge in [-0.1, -0.05) is 23.2 Å². The number of hydrogen-bond acceptors (Lipinski definition) is 7. The molecule has 0 fully saturated rings. The number of hydrogen-bond donors (Lipinski definition) is 1. The van der Waals surface area contributed by atoms with E-state index in [1.807, 2.05) is 11.4 Å². The van der Waals surface area contributed by atoms with Crippen LogP contribution in [0.2, 0.25) is 10.0 Å². The summed E-state index contributed by atoms with van der Waals surface area (Å²) in [5.41, 5.74) is 5.19. The number of anilines is 1. The van der Waals surface area contributed by atoms with Gasteiger partial charge < -0.3 is 14.2 Å². The Morgan fingerprint density at radius 3 is 2.39 bits per heavy atom.